The first-order chi connectivity index (χ1) is 4.04. The van der Waals surface area contributed by atoms with Crippen LogP contribution in [-0.4, -0.2) is 22.4 Å². The molecule has 0 aliphatic heterocycles. The highest BCUT2D eigenvalue weighted by Crippen LogP contribution is 1.99. The molecule has 3 N–H and O–H groups in total. The Morgan fingerprint density at radius 3 is 2.22 bits per heavy atom. The van der Waals surface area contributed by atoms with Gasteiger partial charge in [0.15, 0.2) is 0 Å². The van der Waals surface area contributed by atoms with Crippen LogP contribution >= 0.6 is 11.6 Å². The van der Waals surface area contributed by atoms with Gasteiger partial charge >= 0.3 is 5.97 Å². The van der Waals surface area contributed by atoms with Gasteiger partial charge in [-0.25, -0.2) is 0 Å². The van der Waals surface area contributed by atoms with Crippen molar-refractivity contribution in [3.63, 3.8) is 0 Å². The quantitative estimate of drug-likeness (QED) is 0.537. The summed E-state index contributed by atoms with van der Waals surface area (Å²) in [5.74, 6) is -1.94. The first-order valence-electron chi connectivity index (χ1n) is 2.19. The zero-order chi connectivity index (χ0) is 7.44. The second kappa shape index (κ2) is 3.29. The number of amides is 1. The second-order valence-electron chi connectivity index (χ2n) is 1.48. The molecule has 0 heterocycles. The number of carboxylic acids is 1. The van der Waals surface area contributed by atoms with Gasteiger partial charge in [0.25, 0.3) is 0 Å². The van der Waals surface area contributed by atoms with Gasteiger partial charge in [-0.05, 0) is 0 Å². The molecule has 0 aliphatic carbocycles. The molecule has 0 aromatic carbocycles. The SMILES string of the molecule is NC(=O)CC(Cl)C(=O)O. The predicted molar refractivity (Wildman–Crippen MR) is 31.1 cm³/mol. The van der Waals surface area contributed by atoms with Crippen LogP contribution in [-0.2, 0) is 9.59 Å². The number of carboxylic acid groups (broad SMARTS) is 1. The third kappa shape index (κ3) is 3.78. The molecule has 0 aromatic heterocycles. The van der Waals surface area contributed by atoms with Gasteiger partial charge in [0, 0.05) is 0 Å². The molecule has 0 rings (SSSR count). The summed E-state index contributed by atoms with van der Waals surface area (Å²) in [5, 5.41) is 6.90. The topological polar surface area (TPSA) is 80.4 Å². The Hall–Kier alpha value is -0.770. The number of carbonyl (C=O) groups is 2. The van der Waals surface area contributed by atoms with Gasteiger partial charge in [0.05, 0.1) is 6.42 Å². The van der Waals surface area contributed by atoms with Crippen molar-refractivity contribution in [1.29, 1.82) is 0 Å². The molecular weight excluding hydrogens is 146 g/mol. The van der Waals surface area contributed by atoms with Crippen LogP contribution in [0.15, 0.2) is 0 Å². The molecular formula is C4H6ClNO3. The van der Waals surface area contributed by atoms with Gasteiger partial charge in [-0.2, -0.15) is 0 Å². The Balaban J connectivity index is 3.63. The maximum atomic E-state index is 9.99. The summed E-state index contributed by atoms with van der Waals surface area (Å²) in [6, 6.07) is 0. The van der Waals surface area contributed by atoms with Crippen LogP contribution in [0.25, 0.3) is 0 Å². The Morgan fingerprint density at radius 1 is 1.67 bits per heavy atom. The van der Waals surface area contributed by atoms with E-state index in [1.54, 1.807) is 0 Å². The average molecular weight is 152 g/mol. The largest absolute Gasteiger partial charge is 0.480 e. The normalized spacial score (nSPS) is 12.6. The molecule has 1 atom stereocenters. The van der Waals surface area contributed by atoms with Gasteiger partial charge < -0.3 is 10.8 Å². The van der Waals surface area contributed by atoms with Crippen LogP contribution in [0.1, 0.15) is 6.42 Å². The minimum Gasteiger partial charge on any atom is -0.480 e. The fraction of sp³-hybridized carbons (Fsp3) is 0.500. The van der Waals surface area contributed by atoms with E-state index in [1.807, 2.05) is 0 Å². The average Bonchev–Trinajstić information content (AvgIpc) is 1.63. The van der Waals surface area contributed by atoms with Crippen molar-refractivity contribution in [1.82, 2.24) is 0 Å². The lowest BCUT2D eigenvalue weighted by Crippen LogP contribution is -2.22. The van der Waals surface area contributed by atoms with Crippen molar-refractivity contribution < 1.29 is 14.7 Å². The van der Waals surface area contributed by atoms with Gasteiger partial charge in [-0.15, -0.1) is 11.6 Å². The van der Waals surface area contributed by atoms with Crippen molar-refractivity contribution in [2.75, 3.05) is 0 Å². The van der Waals surface area contributed by atoms with E-state index in [1.165, 1.54) is 0 Å². The van der Waals surface area contributed by atoms with Gasteiger partial charge in [-0.1, -0.05) is 0 Å². The number of alkyl halides is 1. The maximum absolute atomic E-state index is 9.99. The molecule has 1 amide bonds. The van der Waals surface area contributed by atoms with E-state index in [9.17, 15) is 9.59 Å². The lowest BCUT2D eigenvalue weighted by Gasteiger charge is -1.97. The monoisotopic (exact) mass is 151 g/mol. The fourth-order valence-corrected chi connectivity index (χ4v) is 0.416. The number of hydrogen-bond donors (Lipinski definition) is 2. The van der Waals surface area contributed by atoms with Gasteiger partial charge in [0.2, 0.25) is 5.91 Å². The zero-order valence-electron chi connectivity index (χ0n) is 4.50. The smallest absolute Gasteiger partial charge is 0.322 e. The molecule has 0 bridgehead atoms. The highest BCUT2D eigenvalue weighted by Gasteiger charge is 2.15. The summed E-state index contributed by atoms with van der Waals surface area (Å²) in [6.45, 7) is 0. The molecule has 0 aliphatic rings. The van der Waals surface area contributed by atoms with E-state index >= 15 is 0 Å². The van der Waals surface area contributed by atoms with E-state index < -0.39 is 17.3 Å². The second-order valence-corrected chi connectivity index (χ2v) is 2.00. The lowest BCUT2D eigenvalue weighted by atomic mass is 10.3. The van der Waals surface area contributed by atoms with Gasteiger partial charge in [0.1, 0.15) is 5.38 Å². The highest BCUT2D eigenvalue weighted by molar-refractivity contribution is 6.30. The fourth-order valence-electron chi connectivity index (χ4n) is 0.264. The summed E-state index contributed by atoms with van der Waals surface area (Å²) in [6.07, 6.45) is -0.323. The van der Waals surface area contributed by atoms with Crippen molar-refractivity contribution in [2.24, 2.45) is 5.73 Å². The number of primary amides is 1. The summed E-state index contributed by atoms with van der Waals surface area (Å²) < 4.78 is 0. The van der Waals surface area contributed by atoms with E-state index in [-0.39, 0.29) is 6.42 Å². The molecule has 0 saturated carbocycles. The van der Waals surface area contributed by atoms with Crippen molar-refractivity contribution in [3.05, 3.63) is 0 Å². The molecule has 0 spiro atoms. The molecule has 52 valence electrons. The lowest BCUT2D eigenvalue weighted by molar-refractivity contribution is -0.138. The number of halogens is 1. The van der Waals surface area contributed by atoms with E-state index in [4.69, 9.17) is 16.7 Å². The number of hydrogen-bond acceptors (Lipinski definition) is 2. The minimum atomic E-state index is -1.23. The molecule has 0 fully saturated rings. The Kier molecular flexibility index (Phi) is 3.01. The van der Waals surface area contributed by atoms with Gasteiger partial charge in [-0.3, -0.25) is 9.59 Å². The standard InChI is InChI=1S/C4H6ClNO3/c5-2(4(8)9)1-3(6)7/h2H,1H2,(H2,6,7)(H,8,9). The molecule has 0 radical (unpaired) electrons. The summed E-state index contributed by atoms with van der Waals surface area (Å²) in [7, 11) is 0. The van der Waals surface area contributed by atoms with E-state index in [0.29, 0.717) is 0 Å². The third-order valence-corrected chi connectivity index (χ3v) is 0.989. The van der Waals surface area contributed by atoms with Crippen LogP contribution in [0, 0.1) is 0 Å². The molecule has 0 saturated heterocycles. The maximum Gasteiger partial charge on any atom is 0.322 e. The number of aliphatic carboxylic acids is 1. The Bertz CT molecular complexity index is 136. The predicted octanol–water partition coefficient (Wildman–Crippen LogP) is -0.446. The molecule has 9 heavy (non-hydrogen) atoms. The van der Waals surface area contributed by atoms with Crippen LogP contribution in [0.5, 0.6) is 0 Å². The first kappa shape index (κ1) is 8.23. The van der Waals surface area contributed by atoms with Crippen LogP contribution < -0.4 is 5.73 Å². The Labute approximate surface area is 56.6 Å². The molecule has 5 heteroatoms. The van der Waals surface area contributed by atoms with Crippen LogP contribution in [0.4, 0.5) is 0 Å². The first-order valence-corrected chi connectivity index (χ1v) is 2.63. The van der Waals surface area contributed by atoms with Crippen molar-refractivity contribution in [3.8, 4) is 0 Å². The minimum absolute atomic E-state index is 0.323. The Morgan fingerprint density at radius 2 is 2.11 bits per heavy atom. The summed E-state index contributed by atoms with van der Waals surface area (Å²) >= 11 is 5.11. The van der Waals surface area contributed by atoms with Crippen molar-refractivity contribution in [2.45, 2.75) is 11.8 Å². The molecule has 0 aromatic rings. The summed E-state index contributed by atoms with van der Waals surface area (Å²) in [4.78, 5) is 19.9. The molecule has 1 unspecified atom stereocenters. The van der Waals surface area contributed by atoms with E-state index in [0.717, 1.165) is 0 Å². The number of rotatable bonds is 3. The zero-order valence-corrected chi connectivity index (χ0v) is 5.26. The third-order valence-electron chi connectivity index (χ3n) is 0.648. The summed E-state index contributed by atoms with van der Waals surface area (Å²) in [5.41, 5.74) is 4.64. The number of nitrogens with two attached hydrogens (primary N) is 1. The highest BCUT2D eigenvalue weighted by atomic mass is 35.5. The number of carbonyl (C=O) groups excluding carboxylic acids is 1. The van der Waals surface area contributed by atoms with Crippen molar-refractivity contribution >= 4 is 23.5 Å². The van der Waals surface area contributed by atoms with Crippen LogP contribution in [0.2, 0.25) is 0 Å². The van der Waals surface area contributed by atoms with E-state index in [2.05, 4.69) is 5.73 Å². The van der Waals surface area contributed by atoms with Crippen LogP contribution in [0.3, 0.4) is 0 Å². The molecule has 4 nitrogen and oxygen atoms in total.